The number of hydrogen-bond donors (Lipinski definition) is 1. The molecule has 3 rings (SSSR count). The standard InChI is InChI=1S/C18H17FN4O3S/c1-24-14-6-4-11(8-13(14)19)10-20-23-17(21-22-18(23)27)12-5-7-15(25-2)16(9-12)26-3/h4-10H,1-3H3,(H,22,27)/b20-10-. The van der Waals surface area contributed by atoms with Crippen molar-refractivity contribution in [3.05, 3.63) is 52.5 Å². The molecule has 9 heteroatoms. The van der Waals surface area contributed by atoms with Crippen LogP contribution >= 0.6 is 12.2 Å². The van der Waals surface area contributed by atoms with E-state index in [0.717, 1.165) is 5.56 Å². The summed E-state index contributed by atoms with van der Waals surface area (Å²) in [5.74, 6) is 1.32. The SMILES string of the molecule is COc1ccc(/C=N\n2c(-c3ccc(OC)c(OC)c3)n[nH]c2=S)cc1F. The average molecular weight is 388 g/mol. The van der Waals surface area contributed by atoms with E-state index < -0.39 is 5.82 Å². The highest BCUT2D eigenvalue weighted by Crippen LogP contribution is 2.31. The van der Waals surface area contributed by atoms with E-state index in [0.29, 0.717) is 27.7 Å². The fourth-order valence-electron chi connectivity index (χ4n) is 2.45. The van der Waals surface area contributed by atoms with E-state index in [1.807, 2.05) is 6.07 Å². The Morgan fingerprint density at radius 1 is 1.04 bits per heavy atom. The normalized spacial score (nSPS) is 11.0. The fraction of sp³-hybridized carbons (Fsp3) is 0.167. The fourth-order valence-corrected chi connectivity index (χ4v) is 2.63. The first kappa shape index (κ1) is 18.6. The lowest BCUT2D eigenvalue weighted by Gasteiger charge is -2.09. The lowest BCUT2D eigenvalue weighted by atomic mass is 10.2. The van der Waals surface area contributed by atoms with Gasteiger partial charge in [-0.1, -0.05) is 0 Å². The van der Waals surface area contributed by atoms with Crippen molar-refractivity contribution in [2.24, 2.45) is 5.10 Å². The van der Waals surface area contributed by atoms with Crippen LogP contribution in [0.3, 0.4) is 0 Å². The van der Waals surface area contributed by atoms with Crippen LogP contribution in [0, 0.1) is 10.6 Å². The molecule has 27 heavy (non-hydrogen) atoms. The van der Waals surface area contributed by atoms with Crippen molar-refractivity contribution in [2.45, 2.75) is 0 Å². The molecule has 0 fully saturated rings. The van der Waals surface area contributed by atoms with E-state index in [2.05, 4.69) is 15.3 Å². The summed E-state index contributed by atoms with van der Waals surface area (Å²) in [6.07, 6.45) is 1.48. The molecule has 140 valence electrons. The van der Waals surface area contributed by atoms with Crippen molar-refractivity contribution < 1.29 is 18.6 Å². The monoisotopic (exact) mass is 388 g/mol. The number of benzene rings is 2. The Balaban J connectivity index is 1.98. The van der Waals surface area contributed by atoms with Crippen molar-refractivity contribution in [3.63, 3.8) is 0 Å². The molecule has 1 N–H and O–H groups in total. The molecule has 7 nitrogen and oxygen atoms in total. The number of nitrogens with one attached hydrogen (secondary N) is 1. The summed E-state index contributed by atoms with van der Waals surface area (Å²) in [6, 6.07) is 9.88. The topological polar surface area (TPSA) is 73.7 Å². The summed E-state index contributed by atoms with van der Waals surface area (Å²) in [5, 5.41) is 11.2. The maximum atomic E-state index is 13.8. The molecule has 0 atom stereocenters. The molecule has 0 aliphatic carbocycles. The minimum absolute atomic E-state index is 0.165. The van der Waals surface area contributed by atoms with Crippen LogP contribution in [0.4, 0.5) is 4.39 Å². The summed E-state index contributed by atoms with van der Waals surface area (Å²) in [5.41, 5.74) is 1.27. The Kier molecular flexibility index (Phi) is 5.51. The Labute approximate surface area is 160 Å². The van der Waals surface area contributed by atoms with Crippen LogP contribution in [-0.2, 0) is 0 Å². The largest absolute Gasteiger partial charge is 0.494 e. The molecule has 0 amide bonds. The van der Waals surface area contributed by atoms with E-state index in [1.165, 1.54) is 30.1 Å². The highest BCUT2D eigenvalue weighted by Gasteiger charge is 2.12. The molecule has 3 aromatic rings. The minimum atomic E-state index is -0.475. The maximum absolute atomic E-state index is 13.8. The average Bonchev–Trinajstić information content (AvgIpc) is 3.06. The minimum Gasteiger partial charge on any atom is -0.494 e. The Hall–Kier alpha value is -3.20. The number of halogens is 1. The van der Waals surface area contributed by atoms with Gasteiger partial charge >= 0.3 is 0 Å². The first-order valence-corrected chi connectivity index (χ1v) is 8.26. The zero-order chi connectivity index (χ0) is 19.4. The van der Waals surface area contributed by atoms with Crippen molar-refractivity contribution >= 4 is 18.4 Å². The first-order chi connectivity index (χ1) is 13.1. The van der Waals surface area contributed by atoms with Crippen LogP contribution in [0.5, 0.6) is 17.2 Å². The second-order valence-corrected chi connectivity index (χ2v) is 5.76. The van der Waals surface area contributed by atoms with Gasteiger partial charge in [0.25, 0.3) is 0 Å². The molecule has 1 aromatic heterocycles. The van der Waals surface area contributed by atoms with Crippen molar-refractivity contribution in [3.8, 4) is 28.6 Å². The molecule has 0 saturated carbocycles. The molecule has 0 unspecified atom stereocenters. The summed E-state index contributed by atoms with van der Waals surface area (Å²) in [7, 11) is 4.52. The van der Waals surface area contributed by atoms with Gasteiger partial charge in [-0.2, -0.15) is 14.9 Å². The van der Waals surface area contributed by atoms with Crippen LogP contribution in [0.25, 0.3) is 11.4 Å². The highest BCUT2D eigenvalue weighted by atomic mass is 32.1. The van der Waals surface area contributed by atoms with E-state index in [-0.39, 0.29) is 5.75 Å². The van der Waals surface area contributed by atoms with Gasteiger partial charge in [0.2, 0.25) is 4.77 Å². The van der Waals surface area contributed by atoms with Gasteiger partial charge in [-0.05, 0) is 54.2 Å². The molecule has 2 aromatic carbocycles. The number of H-pyrrole nitrogens is 1. The van der Waals surface area contributed by atoms with Crippen LogP contribution < -0.4 is 14.2 Å². The number of hydrogen-bond acceptors (Lipinski definition) is 6. The van der Waals surface area contributed by atoms with E-state index >= 15 is 0 Å². The predicted octanol–water partition coefficient (Wildman–Crippen LogP) is 3.65. The molecular weight excluding hydrogens is 371 g/mol. The molecule has 1 heterocycles. The summed E-state index contributed by atoms with van der Waals surface area (Å²) in [4.78, 5) is 0. The Bertz CT molecular complexity index is 1050. The van der Waals surface area contributed by atoms with E-state index in [4.69, 9.17) is 26.4 Å². The third-order valence-electron chi connectivity index (χ3n) is 3.79. The van der Waals surface area contributed by atoms with Gasteiger partial charge in [-0.25, -0.2) is 9.49 Å². The lowest BCUT2D eigenvalue weighted by Crippen LogP contribution is -1.97. The number of nitrogens with zero attached hydrogens (tertiary/aromatic N) is 3. The predicted molar refractivity (Wildman–Crippen MR) is 102 cm³/mol. The number of rotatable bonds is 6. The maximum Gasteiger partial charge on any atom is 0.216 e. The molecule has 0 radical (unpaired) electrons. The lowest BCUT2D eigenvalue weighted by molar-refractivity contribution is 0.355. The second-order valence-electron chi connectivity index (χ2n) is 5.37. The molecule has 0 aliphatic rings. The summed E-state index contributed by atoms with van der Waals surface area (Å²) < 4.78 is 31.0. The zero-order valence-electron chi connectivity index (χ0n) is 14.9. The molecule has 0 spiro atoms. The molecule has 0 saturated heterocycles. The summed E-state index contributed by atoms with van der Waals surface area (Å²) in [6.45, 7) is 0. The van der Waals surface area contributed by atoms with E-state index in [1.54, 1.807) is 32.4 Å². The van der Waals surface area contributed by atoms with Gasteiger partial charge in [0.05, 0.1) is 27.5 Å². The third-order valence-corrected chi connectivity index (χ3v) is 4.05. The number of ether oxygens (including phenoxy) is 3. The molecule has 0 aliphatic heterocycles. The van der Waals surface area contributed by atoms with Crippen molar-refractivity contribution in [2.75, 3.05) is 21.3 Å². The molecular formula is C18H17FN4O3S. The Morgan fingerprint density at radius 3 is 2.41 bits per heavy atom. The third kappa shape index (κ3) is 3.82. The first-order valence-electron chi connectivity index (χ1n) is 7.85. The van der Waals surface area contributed by atoms with Crippen LogP contribution in [0.15, 0.2) is 41.5 Å². The van der Waals surface area contributed by atoms with Gasteiger partial charge in [0.15, 0.2) is 28.9 Å². The Morgan fingerprint density at radius 2 is 1.74 bits per heavy atom. The van der Waals surface area contributed by atoms with Gasteiger partial charge < -0.3 is 14.2 Å². The van der Waals surface area contributed by atoms with Gasteiger partial charge in [0, 0.05) is 5.56 Å². The van der Waals surface area contributed by atoms with Gasteiger partial charge in [-0.15, -0.1) is 0 Å². The smallest absolute Gasteiger partial charge is 0.216 e. The van der Waals surface area contributed by atoms with Crippen LogP contribution in [0.1, 0.15) is 5.56 Å². The van der Waals surface area contributed by atoms with Gasteiger partial charge in [-0.3, -0.25) is 0 Å². The van der Waals surface area contributed by atoms with Crippen molar-refractivity contribution in [1.29, 1.82) is 0 Å². The van der Waals surface area contributed by atoms with Crippen molar-refractivity contribution in [1.82, 2.24) is 14.9 Å². The van der Waals surface area contributed by atoms with Crippen LogP contribution in [0.2, 0.25) is 0 Å². The van der Waals surface area contributed by atoms with E-state index in [9.17, 15) is 4.39 Å². The number of methoxy groups -OCH3 is 3. The number of aromatic amines is 1. The summed E-state index contributed by atoms with van der Waals surface area (Å²) >= 11 is 5.24. The van der Waals surface area contributed by atoms with Gasteiger partial charge in [0.1, 0.15) is 0 Å². The number of aromatic nitrogens is 3. The second kappa shape index (κ2) is 8.00. The van der Waals surface area contributed by atoms with Crippen LogP contribution in [-0.4, -0.2) is 42.4 Å². The zero-order valence-corrected chi connectivity index (χ0v) is 15.7. The molecule has 0 bridgehead atoms. The highest BCUT2D eigenvalue weighted by molar-refractivity contribution is 7.71. The quantitative estimate of drug-likeness (QED) is 0.515.